The summed E-state index contributed by atoms with van der Waals surface area (Å²) in [5.74, 6) is -0.685. The molecule has 0 aliphatic carbocycles. The molecule has 0 spiro atoms. The molecule has 2 aliphatic rings. The van der Waals surface area contributed by atoms with Crippen molar-refractivity contribution in [3.05, 3.63) is 47.2 Å². The lowest BCUT2D eigenvalue weighted by molar-refractivity contribution is 0.0679. The number of rotatable bonds is 4. The van der Waals surface area contributed by atoms with E-state index in [1.165, 1.54) is 0 Å². The second-order valence-corrected chi connectivity index (χ2v) is 9.10. The molecule has 0 bridgehead atoms. The number of amides is 4. The van der Waals surface area contributed by atoms with E-state index in [9.17, 15) is 19.6 Å². The minimum absolute atomic E-state index is 0.0653. The summed E-state index contributed by atoms with van der Waals surface area (Å²) in [4.78, 5) is 40.8. The van der Waals surface area contributed by atoms with E-state index >= 15 is 0 Å². The molecular weight excluding hydrogens is 448 g/mol. The number of nitrogens with zero attached hydrogens (tertiary/aromatic N) is 4. The second kappa shape index (κ2) is 10.1. The Labute approximate surface area is 204 Å². The molecule has 0 unspecified atom stereocenters. The maximum atomic E-state index is 13.1. The molecule has 1 aromatic heterocycles. The Morgan fingerprint density at radius 3 is 2.37 bits per heavy atom. The number of nitriles is 1. The van der Waals surface area contributed by atoms with Gasteiger partial charge in [-0.15, -0.1) is 0 Å². The first kappa shape index (κ1) is 24.1. The van der Waals surface area contributed by atoms with Gasteiger partial charge in [0.2, 0.25) is 0 Å². The number of nitrogens with one attached hydrogen (secondary N) is 1. The van der Waals surface area contributed by atoms with Crippen LogP contribution < -0.4 is 11.1 Å². The maximum Gasteiger partial charge on any atom is 0.410 e. The SMILES string of the molecule is CC(C)OC(=O)N1CCC(NC(=O)N2CCn3c(c(C(N)=O)c(C#N)c3-c3ccccc3)C2)CC1. The first-order chi connectivity index (χ1) is 16.8. The number of likely N-dealkylation sites (tertiary alicyclic amines) is 1. The van der Waals surface area contributed by atoms with E-state index in [0.717, 1.165) is 5.56 Å². The second-order valence-electron chi connectivity index (χ2n) is 9.10. The van der Waals surface area contributed by atoms with Crippen LogP contribution in [0.4, 0.5) is 9.59 Å². The number of fused-ring (bicyclic) bond motifs is 1. The summed E-state index contributed by atoms with van der Waals surface area (Å²) in [5.41, 5.74) is 8.12. The Morgan fingerprint density at radius 1 is 1.09 bits per heavy atom. The fourth-order valence-corrected chi connectivity index (χ4v) is 4.75. The van der Waals surface area contributed by atoms with Crippen molar-refractivity contribution < 1.29 is 19.1 Å². The number of urea groups is 1. The van der Waals surface area contributed by atoms with Gasteiger partial charge in [0.1, 0.15) is 6.07 Å². The first-order valence-corrected chi connectivity index (χ1v) is 11.8. The monoisotopic (exact) mass is 478 g/mol. The van der Waals surface area contributed by atoms with Gasteiger partial charge in [0.25, 0.3) is 5.91 Å². The number of hydrogen-bond donors (Lipinski definition) is 2. The van der Waals surface area contributed by atoms with Crippen LogP contribution in [-0.4, -0.2) is 64.2 Å². The summed E-state index contributed by atoms with van der Waals surface area (Å²) < 4.78 is 7.17. The Hall–Kier alpha value is -4.00. The fourth-order valence-electron chi connectivity index (χ4n) is 4.75. The lowest BCUT2D eigenvalue weighted by atomic mass is 10.0. The zero-order valence-electron chi connectivity index (χ0n) is 20.0. The number of ether oxygens (including phenoxy) is 1. The molecule has 2 aliphatic heterocycles. The zero-order valence-corrected chi connectivity index (χ0v) is 20.0. The molecule has 1 aromatic carbocycles. The number of carbonyl (C=O) groups excluding carboxylic acids is 3. The Kier molecular flexibility index (Phi) is 6.96. The first-order valence-electron chi connectivity index (χ1n) is 11.8. The van der Waals surface area contributed by atoms with Crippen molar-refractivity contribution >= 4 is 18.0 Å². The molecule has 1 fully saturated rings. The van der Waals surface area contributed by atoms with Crippen molar-refractivity contribution in [2.45, 2.75) is 51.9 Å². The predicted molar refractivity (Wildman–Crippen MR) is 128 cm³/mol. The van der Waals surface area contributed by atoms with E-state index in [2.05, 4.69) is 11.4 Å². The van der Waals surface area contributed by atoms with Crippen molar-refractivity contribution in [2.24, 2.45) is 5.73 Å². The van der Waals surface area contributed by atoms with Crippen molar-refractivity contribution in [3.8, 4) is 17.3 Å². The van der Waals surface area contributed by atoms with Gasteiger partial charge in [-0.2, -0.15) is 5.26 Å². The number of primary amides is 1. The molecule has 1 saturated heterocycles. The van der Waals surface area contributed by atoms with E-state index < -0.39 is 5.91 Å². The average Bonchev–Trinajstić information content (AvgIpc) is 3.18. The maximum absolute atomic E-state index is 13.1. The lowest BCUT2D eigenvalue weighted by Crippen LogP contribution is -2.51. The van der Waals surface area contributed by atoms with Crippen LogP contribution in [0.2, 0.25) is 0 Å². The summed E-state index contributed by atoms with van der Waals surface area (Å²) in [5, 5.41) is 12.9. The lowest BCUT2D eigenvalue weighted by Gasteiger charge is -2.35. The van der Waals surface area contributed by atoms with E-state index in [4.69, 9.17) is 10.5 Å². The molecule has 2 aromatic rings. The van der Waals surface area contributed by atoms with Gasteiger partial charge in [-0.1, -0.05) is 30.3 Å². The third kappa shape index (κ3) is 4.94. The molecule has 10 nitrogen and oxygen atoms in total. The van der Waals surface area contributed by atoms with Crippen molar-refractivity contribution in [2.75, 3.05) is 19.6 Å². The van der Waals surface area contributed by atoms with Crippen LogP contribution in [0.15, 0.2) is 30.3 Å². The van der Waals surface area contributed by atoms with Gasteiger partial charge in [0.15, 0.2) is 0 Å². The molecule has 0 radical (unpaired) electrons. The molecule has 4 rings (SSSR count). The highest BCUT2D eigenvalue weighted by molar-refractivity contribution is 5.99. The van der Waals surface area contributed by atoms with Crippen LogP contribution in [-0.2, 0) is 17.8 Å². The molecule has 10 heteroatoms. The summed E-state index contributed by atoms with van der Waals surface area (Å²) in [7, 11) is 0. The minimum Gasteiger partial charge on any atom is -0.447 e. The van der Waals surface area contributed by atoms with Gasteiger partial charge in [0, 0.05) is 32.2 Å². The van der Waals surface area contributed by atoms with Crippen LogP contribution in [0.5, 0.6) is 0 Å². The molecular formula is C25H30N6O4. The quantitative estimate of drug-likeness (QED) is 0.697. The van der Waals surface area contributed by atoms with Crippen molar-refractivity contribution in [3.63, 3.8) is 0 Å². The highest BCUT2D eigenvalue weighted by Crippen LogP contribution is 2.34. The number of carbonyl (C=O) groups is 3. The number of nitrogens with two attached hydrogens (primary N) is 1. The molecule has 3 N–H and O–H groups in total. The van der Waals surface area contributed by atoms with E-state index in [0.29, 0.717) is 50.4 Å². The van der Waals surface area contributed by atoms with Crippen LogP contribution in [0, 0.1) is 11.3 Å². The van der Waals surface area contributed by atoms with E-state index in [1.54, 1.807) is 9.80 Å². The Morgan fingerprint density at radius 2 is 1.77 bits per heavy atom. The van der Waals surface area contributed by atoms with Gasteiger partial charge in [-0.25, -0.2) is 9.59 Å². The largest absolute Gasteiger partial charge is 0.447 e. The topological polar surface area (TPSA) is 134 Å². The minimum atomic E-state index is -0.685. The van der Waals surface area contributed by atoms with Crippen LogP contribution in [0.1, 0.15) is 48.3 Å². The molecule has 35 heavy (non-hydrogen) atoms. The number of hydrogen-bond acceptors (Lipinski definition) is 5. The molecule has 0 atom stereocenters. The number of aromatic nitrogens is 1. The van der Waals surface area contributed by atoms with Gasteiger partial charge in [-0.05, 0) is 32.3 Å². The van der Waals surface area contributed by atoms with Crippen LogP contribution in [0.3, 0.4) is 0 Å². The third-order valence-corrected chi connectivity index (χ3v) is 6.42. The number of piperidine rings is 1. The van der Waals surface area contributed by atoms with Gasteiger partial charge in [-0.3, -0.25) is 4.79 Å². The van der Waals surface area contributed by atoms with E-state index in [-0.39, 0.29) is 41.9 Å². The predicted octanol–water partition coefficient (Wildman–Crippen LogP) is 2.66. The fraction of sp³-hybridized carbons (Fsp3) is 0.440. The summed E-state index contributed by atoms with van der Waals surface area (Å²) >= 11 is 0. The highest BCUT2D eigenvalue weighted by Gasteiger charge is 2.33. The molecule has 184 valence electrons. The molecule has 4 amide bonds. The zero-order chi connectivity index (χ0) is 25.1. The van der Waals surface area contributed by atoms with Crippen LogP contribution >= 0.6 is 0 Å². The van der Waals surface area contributed by atoms with Gasteiger partial charge in [0.05, 0.1) is 35.2 Å². The Bertz CT molecular complexity index is 1160. The summed E-state index contributed by atoms with van der Waals surface area (Å²) in [6.45, 7) is 5.68. The average molecular weight is 479 g/mol. The summed E-state index contributed by atoms with van der Waals surface area (Å²) in [6, 6.07) is 11.2. The standard InChI is InChI=1S/C25H30N6O4/c1-16(2)35-25(34)29-10-8-18(9-11-29)28-24(33)30-12-13-31-20(15-30)21(23(27)32)19(14-26)22(31)17-6-4-3-5-7-17/h3-7,16,18H,8-13,15H2,1-2H3,(H2,27,32)(H,28,33). The smallest absolute Gasteiger partial charge is 0.410 e. The highest BCUT2D eigenvalue weighted by atomic mass is 16.6. The van der Waals surface area contributed by atoms with Crippen LogP contribution in [0.25, 0.3) is 11.3 Å². The van der Waals surface area contributed by atoms with Crippen molar-refractivity contribution in [1.29, 1.82) is 5.26 Å². The number of benzene rings is 1. The normalized spacial score (nSPS) is 15.9. The third-order valence-electron chi connectivity index (χ3n) is 6.42. The summed E-state index contributed by atoms with van der Waals surface area (Å²) in [6.07, 6.45) is 0.758. The van der Waals surface area contributed by atoms with E-state index in [1.807, 2.05) is 48.7 Å². The molecule has 0 saturated carbocycles. The van der Waals surface area contributed by atoms with Gasteiger partial charge < -0.3 is 30.2 Å². The molecule has 3 heterocycles. The van der Waals surface area contributed by atoms with Crippen molar-refractivity contribution in [1.82, 2.24) is 19.7 Å². The Balaban J connectivity index is 1.47. The van der Waals surface area contributed by atoms with Gasteiger partial charge >= 0.3 is 12.1 Å².